The maximum atomic E-state index is 6.30. The van der Waals surface area contributed by atoms with Gasteiger partial charge in [-0.1, -0.05) is 94.9 Å². The predicted octanol–water partition coefficient (Wildman–Crippen LogP) is 9.79. The number of aryl methyl sites for hydroxylation is 1. The topological polar surface area (TPSA) is 0 Å². The largest absolute Gasteiger partial charge is 0.0895 e. The number of halogens is 1. The van der Waals surface area contributed by atoms with Crippen LogP contribution in [-0.2, 0) is 6.42 Å². The van der Waals surface area contributed by atoms with Gasteiger partial charge in [0.05, 0.1) is 0 Å². The lowest BCUT2D eigenvalue weighted by Crippen LogP contribution is -2.13. The van der Waals surface area contributed by atoms with Gasteiger partial charge in [0.1, 0.15) is 0 Å². The molecule has 0 nitrogen and oxygen atoms in total. The van der Waals surface area contributed by atoms with Gasteiger partial charge in [0.15, 0.2) is 0 Å². The molecule has 164 valence electrons. The van der Waals surface area contributed by atoms with Crippen molar-refractivity contribution >= 4 is 23.4 Å². The molecule has 0 aliphatic carbocycles. The maximum absolute atomic E-state index is 6.30. The Morgan fingerprint density at radius 3 is 2.57 bits per heavy atom. The molecule has 0 saturated carbocycles. The lowest BCUT2D eigenvalue weighted by molar-refractivity contribution is 0.280. The molecule has 0 bridgehead atoms. The van der Waals surface area contributed by atoms with Crippen LogP contribution in [0.4, 0.5) is 0 Å². The van der Waals surface area contributed by atoms with Crippen molar-refractivity contribution in [2.24, 2.45) is 17.8 Å². The first-order chi connectivity index (χ1) is 14.5. The van der Waals surface area contributed by atoms with Gasteiger partial charge in [0, 0.05) is 14.8 Å². The van der Waals surface area contributed by atoms with E-state index in [4.69, 9.17) is 11.6 Å². The van der Waals surface area contributed by atoms with E-state index in [0.717, 1.165) is 29.2 Å². The van der Waals surface area contributed by atoms with Crippen LogP contribution in [-0.4, -0.2) is 0 Å². The number of hydrogen-bond donors (Lipinski definition) is 0. The van der Waals surface area contributed by atoms with Gasteiger partial charge in [-0.2, -0.15) is 0 Å². The summed E-state index contributed by atoms with van der Waals surface area (Å²) in [6.45, 7) is 9.58. The average Bonchev–Trinajstić information content (AvgIpc) is 2.71. The van der Waals surface area contributed by atoms with Crippen LogP contribution in [0.5, 0.6) is 0 Å². The molecule has 0 radical (unpaired) electrons. The van der Waals surface area contributed by atoms with Gasteiger partial charge in [-0.15, -0.1) is 0 Å². The molecule has 0 amide bonds. The molecule has 30 heavy (non-hydrogen) atoms. The fourth-order valence-electron chi connectivity index (χ4n) is 5.02. The minimum absolute atomic E-state index is 0.656. The Labute approximate surface area is 194 Å². The van der Waals surface area contributed by atoms with Gasteiger partial charge >= 0.3 is 0 Å². The third-order valence-corrected chi connectivity index (χ3v) is 8.46. The predicted molar refractivity (Wildman–Crippen MR) is 134 cm³/mol. The highest BCUT2D eigenvalue weighted by Gasteiger charge is 2.22. The highest BCUT2D eigenvalue weighted by Crippen LogP contribution is 2.42. The summed E-state index contributed by atoms with van der Waals surface area (Å²) in [5, 5.41) is 0.862. The summed E-state index contributed by atoms with van der Waals surface area (Å²) in [5.74, 6) is 3.21. The Balaban J connectivity index is 1.64. The molecule has 0 aromatic heterocycles. The van der Waals surface area contributed by atoms with Crippen molar-refractivity contribution in [2.75, 3.05) is 0 Å². The zero-order valence-corrected chi connectivity index (χ0v) is 20.9. The van der Waals surface area contributed by atoms with Crippen LogP contribution in [0.15, 0.2) is 52.3 Å². The van der Waals surface area contributed by atoms with Crippen molar-refractivity contribution < 1.29 is 0 Å². The smallest absolute Gasteiger partial charge is 0.0409 e. The molecule has 2 aromatic rings. The van der Waals surface area contributed by atoms with Crippen LogP contribution in [0, 0.1) is 17.8 Å². The van der Waals surface area contributed by atoms with Gasteiger partial charge in [-0.25, -0.2) is 0 Å². The Morgan fingerprint density at radius 1 is 1.00 bits per heavy atom. The van der Waals surface area contributed by atoms with E-state index in [-0.39, 0.29) is 0 Å². The SMILES string of the molecule is CCC(CCC(C)C)C(C)CCCC1CCc2cc(Cl)ccc2Sc2ccccc21. The summed E-state index contributed by atoms with van der Waals surface area (Å²) in [4.78, 5) is 2.80. The fraction of sp³-hybridized carbons (Fsp3) is 0.571. The Hall–Kier alpha value is -0.920. The van der Waals surface area contributed by atoms with E-state index in [0.29, 0.717) is 5.92 Å². The van der Waals surface area contributed by atoms with Gasteiger partial charge in [-0.3, -0.25) is 0 Å². The number of rotatable bonds is 9. The van der Waals surface area contributed by atoms with E-state index in [1.807, 2.05) is 17.8 Å². The van der Waals surface area contributed by atoms with Crippen LogP contribution >= 0.6 is 23.4 Å². The molecular formula is C28H39ClS. The molecule has 3 unspecified atom stereocenters. The van der Waals surface area contributed by atoms with Crippen molar-refractivity contribution in [1.82, 2.24) is 0 Å². The van der Waals surface area contributed by atoms with Crippen molar-refractivity contribution in [3.8, 4) is 0 Å². The fourth-order valence-corrected chi connectivity index (χ4v) is 6.38. The van der Waals surface area contributed by atoms with Gasteiger partial charge in [0.25, 0.3) is 0 Å². The number of fused-ring (bicyclic) bond motifs is 2. The second-order valence-corrected chi connectivity index (χ2v) is 11.2. The molecule has 3 rings (SSSR count). The van der Waals surface area contributed by atoms with Gasteiger partial charge < -0.3 is 0 Å². The summed E-state index contributed by atoms with van der Waals surface area (Å²) in [7, 11) is 0. The Kier molecular flexibility index (Phi) is 9.20. The molecule has 0 saturated heterocycles. The first kappa shape index (κ1) is 23.7. The first-order valence-corrected chi connectivity index (χ1v) is 13.2. The Morgan fingerprint density at radius 2 is 1.80 bits per heavy atom. The standard InChI is InChI=1S/C28H39ClS/c1-5-22(14-13-20(2)3)21(4)9-8-10-23-15-16-24-19-25(29)17-18-27(24)30-28-12-7-6-11-26(23)28/h6-7,11-12,17-23H,5,8-10,13-16H2,1-4H3. The summed E-state index contributed by atoms with van der Waals surface area (Å²) in [6, 6.07) is 15.5. The van der Waals surface area contributed by atoms with E-state index in [9.17, 15) is 0 Å². The molecule has 0 spiro atoms. The van der Waals surface area contributed by atoms with Crippen LogP contribution < -0.4 is 0 Å². The average molecular weight is 443 g/mol. The van der Waals surface area contributed by atoms with Crippen LogP contribution in [0.25, 0.3) is 0 Å². The zero-order chi connectivity index (χ0) is 21.5. The zero-order valence-electron chi connectivity index (χ0n) is 19.3. The number of hydrogen-bond acceptors (Lipinski definition) is 1. The van der Waals surface area contributed by atoms with E-state index in [1.165, 1.54) is 60.3 Å². The van der Waals surface area contributed by atoms with Crippen molar-refractivity contribution in [1.29, 1.82) is 0 Å². The Bertz CT molecular complexity index is 797. The van der Waals surface area contributed by atoms with Crippen molar-refractivity contribution in [2.45, 2.75) is 94.8 Å². The van der Waals surface area contributed by atoms with Crippen LogP contribution in [0.1, 0.15) is 89.7 Å². The molecule has 3 atom stereocenters. The minimum atomic E-state index is 0.656. The van der Waals surface area contributed by atoms with Gasteiger partial charge in [0.2, 0.25) is 0 Å². The molecule has 2 aromatic carbocycles. The van der Waals surface area contributed by atoms with Crippen LogP contribution in [0.2, 0.25) is 5.02 Å². The number of benzene rings is 2. The first-order valence-electron chi connectivity index (χ1n) is 12.0. The lowest BCUT2D eigenvalue weighted by atomic mass is 9.81. The summed E-state index contributed by atoms with van der Waals surface area (Å²) in [6.07, 6.45) is 10.5. The quantitative estimate of drug-likeness (QED) is 0.372. The molecule has 0 fully saturated rings. The van der Waals surface area contributed by atoms with Crippen molar-refractivity contribution in [3.63, 3.8) is 0 Å². The molecular weight excluding hydrogens is 404 g/mol. The van der Waals surface area contributed by atoms with E-state index < -0.39 is 0 Å². The third kappa shape index (κ3) is 6.54. The third-order valence-electron chi connectivity index (χ3n) is 7.02. The summed E-state index contributed by atoms with van der Waals surface area (Å²) >= 11 is 8.23. The van der Waals surface area contributed by atoms with Crippen LogP contribution in [0.3, 0.4) is 0 Å². The molecule has 1 aliphatic rings. The second-order valence-electron chi connectivity index (χ2n) is 9.68. The normalized spacial score (nSPS) is 18.3. The van der Waals surface area contributed by atoms with Gasteiger partial charge in [-0.05, 0) is 84.7 Å². The second kappa shape index (κ2) is 11.6. The van der Waals surface area contributed by atoms with E-state index in [2.05, 4.69) is 64.1 Å². The van der Waals surface area contributed by atoms with E-state index >= 15 is 0 Å². The summed E-state index contributed by atoms with van der Waals surface area (Å²) < 4.78 is 0. The highest BCUT2D eigenvalue weighted by molar-refractivity contribution is 7.99. The lowest BCUT2D eigenvalue weighted by Gasteiger charge is -2.27. The molecule has 2 heteroatoms. The highest BCUT2D eigenvalue weighted by atomic mass is 35.5. The molecule has 1 aliphatic heterocycles. The maximum Gasteiger partial charge on any atom is 0.0409 e. The molecule has 0 N–H and O–H groups in total. The summed E-state index contributed by atoms with van der Waals surface area (Å²) in [5.41, 5.74) is 2.97. The molecule has 1 heterocycles. The van der Waals surface area contributed by atoms with E-state index in [1.54, 1.807) is 5.56 Å². The van der Waals surface area contributed by atoms with Crippen molar-refractivity contribution in [3.05, 3.63) is 58.6 Å². The monoisotopic (exact) mass is 442 g/mol. The minimum Gasteiger partial charge on any atom is -0.0895 e.